The monoisotopic (exact) mass is 280 g/mol. The first kappa shape index (κ1) is 14.6. The molecular weight excluding hydrogens is 262 g/mol. The summed E-state index contributed by atoms with van der Waals surface area (Å²) in [6, 6.07) is 3.82. The Bertz CT molecular complexity index is 567. The molecule has 0 atom stereocenters. The molecule has 1 N–H and O–H groups in total. The van der Waals surface area contributed by atoms with Crippen LogP contribution in [0.2, 0.25) is 0 Å². The molecule has 20 heavy (non-hydrogen) atoms. The van der Waals surface area contributed by atoms with E-state index in [1.54, 1.807) is 0 Å². The highest BCUT2D eigenvalue weighted by atomic mass is 19.1. The molecule has 0 aliphatic heterocycles. The van der Waals surface area contributed by atoms with Crippen LogP contribution in [0.1, 0.15) is 32.2 Å². The van der Waals surface area contributed by atoms with Gasteiger partial charge in [-0.25, -0.2) is 18.4 Å². The van der Waals surface area contributed by atoms with E-state index >= 15 is 0 Å². The molecule has 1 aromatic heterocycles. The number of hydrogen-bond donors (Lipinski definition) is 1. The Morgan fingerprint density at radius 1 is 1.20 bits per heavy atom. The van der Waals surface area contributed by atoms with Gasteiger partial charge < -0.3 is 5.32 Å². The quantitative estimate of drug-likeness (QED) is 0.935. The normalized spacial score (nSPS) is 11.8. The van der Waals surface area contributed by atoms with Crippen molar-refractivity contribution in [3.63, 3.8) is 0 Å². The summed E-state index contributed by atoms with van der Waals surface area (Å²) in [5.74, 6) is -0.506. The minimum Gasteiger partial charge on any atom is -0.305 e. The Morgan fingerprint density at radius 2 is 1.85 bits per heavy atom. The molecule has 0 aliphatic rings. The highest BCUT2D eigenvalue weighted by Crippen LogP contribution is 2.14. The van der Waals surface area contributed by atoms with E-state index in [1.165, 1.54) is 29.2 Å². The van der Waals surface area contributed by atoms with Crippen molar-refractivity contribution >= 4 is 0 Å². The van der Waals surface area contributed by atoms with Crippen molar-refractivity contribution in [3.8, 4) is 0 Å². The molecule has 0 amide bonds. The largest absolute Gasteiger partial charge is 0.305 e. The second-order valence-corrected chi connectivity index (χ2v) is 5.64. The van der Waals surface area contributed by atoms with E-state index in [9.17, 15) is 8.78 Å². The summed E-state index contributed by atoms with van der Waals surface area (Å²) in [7, 11) is 0. The fourth-order valence-electron chi connectivity index (χ4n) is 1.73. The van der Waals surface area contributed by atoms with Crippen LogP contribution in [0.4, 0.5) is 8.78 Å². The van der Waals surface area contributed by atoms with Crippen molar-refractivity contribution < 1.29 is 8.78 Å². The minimum absolute atomic E-state index is 0.00462. The summed E-state index contributed by atoms with van der Waals surface area (Å²) in [6.07, 6.45) is 1.39. The summed E-state index contributed by atoms with van der Waals surface area (Å²) in [4.78, 5) is 4.12. The van der Waals surface area contributed by atoms with Crippen LogP contribution >= 0.6 is 0 Å². The Kier molecular flexibility index (Phi) is 4.13. The number of halogens is 2. The molecule has 0 bridgehead atoms. The van der Waals surface area contributed by atoms with Crippen molar-refractivity contribution in [2.75, 3.05) is 0 Å². The molecule has 0 aliphatic carbocycles. The fraction of sp³-hybridized carbons (Fsp3) is 0.429. The molecule has 0 saturated carbocycles. The average Bonchev–Trinajstić information content (AvgIpc) is 2.78. The summed E-state index contributed by atoms with van der Waals surface area (Å²) in [5, 5.41) is 7.30. The van der Waals surface area contributed by atoms with Crippen LogP contribution in [0.25, 0.3) is 0 Å². The highest BCUT2D eigenvalue weighted by Gasteiger charge is 2.14. The van der Waals surface area contributed by atoms with Crippen molar-refractivity contribution in [2.24, 2.45) is 0 Å². The third kappa shape index (κ3) is 3.60. The van der Waals surface area contributed by atoms with Gasteiger partial charge in [-0.05, 0) is 32.9 Å². The van der Waals surface area contributed by atoms with Crippen LogP contribution in [-0.2, 0) is 13.1 Å². The van der Waals surface area contributed by atoms with Crippen LogP contribution in [0.5, 0.6) is 0 Å². The molecule has 0 spiro atoms. The summed E-state index contributed by atoms with van der Waals surface area (Å²) in [5.41, 5.74) is -0.0740. The second kappa shape index (κ2) is 5.66. The van der Waals surface area contributed by atoms with Gasteiger partial charge in [-0.2, -0.15) is 5.10 Å². The second-order valence-electron chi connectivity index (χ2n) is 5.64. The highest BCUT2D eigenvalue weighted by molar-refractivity contribution is 5.20. The Labute approximate surface area is 116 Å². The predicted molar refractivity (Wildman–Crippen MR) is 72.1 cm³/mol. The summed E-state index contributed by atoms with van der Waals surface area (Å²) in [6.45, 7) is 6.61. The Hall–Kier alpha value is -1.82. The fourth-order valence-corrected chi connectivity index (χ4v) is 1.73. The molecule has 1 aromatic carbocycles. The van der Waals surface area contributed by atoms with Gasteiger partial charge >= 0.3 is 0 Å². The van der Waals surface area contributed by atoms with E-state index in [4.69, 9.17) is 0 Å². The van der Waals surface area contributed by atoms with Gasteiger partial charge in [-0.1, -0.05) is 6.07 Å². The van der Waals surface area contributed by atoms with Crippen LogP contribution < -0.4 is 5.32 Å². The van der Waals surface area contributed by atoms with Crippen molar-refractivity contribution in [1.82, 2.24) is 20.1 Å². The van der Waals surface area contributed by atoms with Crippen molar-refractivity contribution in [3.05, 3.63) is 47.5 Å². The van der Waals surface area contributed by atoms with Crippen LogP contribution in [0.15, 0.2) is 24.5 Å². The molecule has 2 aromatic rings. The molecule has 0 unspecified atom stereocenters. The van der Waals surface area contributed by atoms with E-state index < -0.39 is 11.6 Å². The molecule has 2 rings (SSSR count). The lowest BCUT2D eigenvalue weighted by atomic mass is 10.1. The van der Waals surface area contributed by atoms with Gasteiger partial charge in [-0.3, -0.25) is 0 Å². The summed E-state index contributed by atoms with van der Waals surface area (Å²) < 4.78 is 28.8. The predicted octanol–water partition coefficient (Wildman–Crippen LogP) is 2.49. The molecule has 108 valence electrons. The maximum absolute atomic E-state index is 13.6. The smallest absolute Gasteiger partial charge is 0.141 e. The number of aromatic nitrogens is 3. The SMILES string of the molecule is CC(C)(C)NCc1ncnn1Cc1c(F)cccc1F. The standard InChI is InChI=1S/C14H18F2N4/c1-14(2,3)18-7-13-17-9-19-20(13)8-10-11(15)5-4-6-12(10)16/h4-6,9,18H,7-8H2,1-3H3. The molecule has 0 saturated heterocycles. The first-order valence-electron chi connectivity index (χ1n) is 6.41. The van der Waals surface area contributed by atoms with E-state index in [1.807, 2.05) is 20.8 Å². The van der Waals surface area contributed by atoms with E-state index in [2.05, 4.69) is 15.4 Å². The number of benzene rings is 1. The van der Waals surface area contributed by atoms with E-state index in [0.717, 1.165) is 0 Å². The maximum atomic E-state index is 13.6. The molecule has 0 radical (unpaired) electrons. The zero-order valence-electron chi connectivity index (χ0n) is 11.8. The van der Waals surface area contributed by atoms with Gasteiger partial charge in [0.25, 0.3) is 0 Å². The van der Waals surface area contributed by atoms with Gasteiger partial charge in [0.15, 0.2) is 0 Å². The Morgan fingerprint density at radius 3 is 2.45 bits per heavy atom. The molecule has 0 fully saturated rings. The zero-order chi connectivity index (χ0) is 14.8. The molecule has 6 heteroatoms. The third-order valence-electron chi connectivity index (χ3n) is 2.84. The lowest BCUT2D eigenvalue weighted by Crippen LogP contribution is -2.36. The van der Waals surface area contributed by atoms with E-state index in [-0.39, 0.29) is 17.6 Å². The van der Waals surface area contributed by atoms with Crippen LogP contribution in [0.3, 0.4) is 0 Å². The lowest BCUT2D eigenvalue weighted by Gasteiger charge is -2.20. The average molecular weight is 280 g/mol. The number of rotatable bonds is 4. The van der Waals surface area contributed by atoms with Crippen molar-refractivity contribution in [1.29, 1.82) is 0 Å². The number of nitrogens with one attached hydrogen (secondary N) is 1. The van der Waals surface area contributed by atoms with Gasteiger partial charge in [0.2, 0.25) is 0 Å². The number of nitrogens with zero attached hydrogens (tertiary/aromatic N) is 3. The van der Waals surface area contributed by atoms with Crippen LogP contribution in [-0.4, -0.2) is 20.3 Å². The topological polar surface area (TPSA) is 42.7 Å². The van der Waals surface area contributed by atoms with Gasteiger partial charge in [0, 0.05) is 11.1 Å². The molecule has 4 nitrogen and oxygen atoms in total. The Balaban J connectivity index is 2.17. The van der Waals surface area contributed by atoms with Gasteiger partial charge in [0.1, 0.15) is 23.8 Å². The first-order chi connectivity index (χ1) is 9.37. The van der Waals surface area contributed by atoms with Gasteiger partial charge in [0.05, 0.1) is 13.1 Å². The van der Waals surface area contributed by atoms with Crippen LogP contribution in [0, 0.1) is 11.6 Å². The zero-order valence-corrected chi connectivity index (χ0v) is 11.8. The first-order valence-corrected chi connectivity index (χ1v) is 6.41. The molecular formula is C14H18F2N4. The lowest BCUT2D eigenvalue weighted by molar-refractivity contribution is 0.408. The minimum atomic E-state index is -0.574. The molecule has 1 heterocycles. The third-order valence-corrected chi connectivity index (χ3v) is 2.84. The van der Waals surface area contributed by atoms with Crippen molar-refractivity contribution in [2.45, 2.75) is 39.4 Å². The maximum Gasteiger partial charge on any atom is 0.141 e. The number of hydrogen-bond acceptors (Lipinski definition) is 3. The van der Waals surface area contributed by atoms with Gasteiger partial charge in [-0.15, -0.1) is 0 Å². The van der Waals surface area contributed by atoms with E-state index in [0.29, 0.717) is 12.4 Å². The summed E-state index contributed by atoms with van der Waals surface area (Å²) >= 11 is 0.